The van der Waals surface area contributed by atoms with Gasteiger partial charge in [0, 0.05) is 44.5 Å². The van der Waals surface area contributed by atoms with Crippen LogP contribution in [0, 0.1) is 0 Å². The van der Waals surface area contributed by atoms with E-state index in [1.54, 1.807) is 17.5 Å². The van der Waals surface area contributed by atoms with Gasteiger partial charge in [0.15, 0.2) is 0 Å². The van der Waals surface area contributed by atoms with Crippen LogP contribution in [0.5, 0.6) is 0 Å². The average molecular weight is 391 g/mol. The number of pyridine rings is 1. The molecule has 0 saturated carbocycles. The third-order valence-corrected chi connectivity index (χ3v) is 6.23. The summed E-state index contributed by atoms with van der Waals surface area (Å²) in [5.74, 6) is 2.82. The highest BCUT2D eigenvalue weighted by molar-refractivity contribution is 7.16. The fourth-order valence-electron chi connectivity index (χ4n) is 3.80. The van der Waals surface area contributed by atoms with Crippen molar-refractivity contribution in [3.05, 3.63) is 65.7 Å². The number of thiazole rings is 1. The zero-order valence-corrected chi connectivity index (χ0v) is 16.6. The van der Waals surface area contributed by atoms with Crippen LogP contribution in [-0.2, 0) is 13.0 Å². The number of hydrogen-bond acceptors (Lipinski definition) is 6. The van der Waals surface area contributed by atoms with Gasteiger partial charge in [-0.15, -0.1) is 11.3 Å². The molecular weight excluding hydrogens is 368 g/mol. The second-order valence-corrected chi connectivity index (χ2v) is 8.00. The van der Waals surface area contributed by atoms with Crippen LogP contribution in [-0.4, -0.2) is 37.5 Å². The third-order valence-electron chi connectivity index (χ3n) is 5.42. The number of hydrogen-bond donors (Lipinski definition) is 1. The largest absolute Gasteiger partial charge is 0.331 e. The lowest BCUT2D eigenvalue weighted by Gasteiger charge is -2.27. The molecule has 0 radical (unpaired) electrons. The van der Waals surface area contributed by atoms with E-state index in [1.165, 1.54) is 10.3 Å². The topological polar surface area (TPSA) is 58.9 Å². The molecule has 1 aliphatic heterocycles. The van der Waals surface area contributed by atoms with Gasteiger partial charge in [0.05, 0.1) is 15.7 Å². The highest BCUT2D eigenvalue weighted by Gasteiger charge is 2.21. The van der Waals surface area contributed by atoms with Crippen LogP contribution in [0.3, 0.4) is 0 Å². The van der Waals surface area contributed by atoms with Gasteiger partial charge in [0.2, 0.25) is 0 Å². The van der Waals surface area contributed by atoms with Crippen molar-refractivity contribution in [3.8, 4) is 0 Å². The van der Waals surface area contributed by atoms with E-state index < -0.39 is 0 Å². The summed E-state index contributed by atoms with van der Waals surface area (Å²) in [6, 6.07) is 12.9. The number of fused-ring (bicyclic) bond motifs is 2. The Morgan fingerprint density at radius 1 is 1.07 bits per heavy atom. The normalized spacial score (nSPS) is 15.9. The van der Waals surface area contributed by atoms with Gasteiger partial charge in [0.25, 0.3) is 0 Å². The molecule has 1 unspecified atom stereocenters. The van der Waals surface area contributed by atoms with Crippen molar-refractivity contribution < 1.29 is 0 Å². The maximum absolute atomic E-state index is 4.78. The van der Waals surface area contributed by atoms with Crippen LogP contribution < -0.4 is 5.32 Å². The molecule has 7 heteroatoms. The van der Waals surface area contributed by atoms with Gasteiger partial charge < -0.3 is 9.88 Å². The smallest absolute Gasteiger partial charge is 0.150 e. The molecule has 5 rings (SSSR count). The minimum atomic E-state index is 0.363. The zero-order valence-electron chi connectivity index (χ0n) is 15.7. The van der Waals surface area contributed by atoms with Crippen molar-refractivity contribution >= 4 is 33.2 Å². The lowest BCUT2D eigenvalue weighted by atomic mass is 10.1. The number of benzene rings is 1. The Kier molecular flexibility index (Phi) is 4.54. The first kappa shape index (κ1) is 17.3. The standard InChI is InChI=1S/C21H22N6S/c1-15(16-5-6-18-17(12-16)23-14-28-18)26-9-7-21-25-20(13-27(21)11-10-26)24-19-4-2-3-8-22-19/h2-6,8,12-15H,7,9-11H2,1H3,(H,22,24). The second-order valence-electron chi connectivity index (χ2n) is 7.12. The summed E-state index contributed by atoms with van der Waals surface area (Å²) >= 11 is 1.69. The summed E-state index contributed by atoms with van der Waals surface area (Å²) in [4.78, 5) is 16.1. The van der Waals surface area contributed by atoms with E-state index in [1.807, 2.05) is 23.7 Å². The molecular formula is C21H22N6S. The Hall–Kier alpha value is -2.77. The van der Waals surface area contributed by atoms with Gasteiger partial charge in [-0.05, 0) is 36.8 Å². The molecule has 3 aromatic heterocycles. The first-order valence-corrected chi connectivity index (χ1v) is 10.5. The van der Waals surface area contributed by atoms with E-state index in [-0.39, 0.29) is 0 Å². The number of nitrogens with zero attached hydrogens (tertiary/aromatic N) is 5. The number of imidazole rings is 1. The van der Waals surface area contributed by atoms with Gasteiger partial charge in [0.1, 0.15) is 17.5 Å². The predicted octanol–water partition coefficient (Wildman–Crippen LogP) is 4.25. The van der Waals surface area contributed by atoms with Crippen molar-refractivity contribution in [2.45, 2.75) is 25.9 Å². The Morgan fingerprint density at radius 2 is 2.04 bits per heavy atom. The van der Waals surface area contributed by atoms with Crippen molar-refractivity contribution in [1.29, 1.82) is 0 Å². The minimum absolute atomic E-state index is 0.363. The van der Waals surface area contributed by atoms with Crippen molar-refractivity contribution in [2.75, 3.05) is 18.4 Å². The molecule has 1 aliphatic rings. The average Bonchev–Trinajstić information content (AvgIpc) is 3.30. The first-order chi connectivity index (χ1) is 13.8. The quantitative estimate of drug-likeness (QED) is 0.564. The Morgan fingerprint density at radius 3 is 2.93 bits per heavy atom. The molecule has 1 aromatic carbocycles. The van der Waals surface area contributed by atoms with Crippen LogP contribution in [0.15, 0.2) is 54.3 Å². The molecule has 4 heterocycles. The van der Waals surface area contributed by atoms with Gasteiger partial charge in [-0.2, -0.15) is 0 Å². The molecule has 0 aliphatic carbocycles. The molecule has 1 atom stereocenters. The summed E-state index contributed by atoms with van der Waals surface area (Å²) in [5, 5.41) is 3.29. The first-order valence-electron chi connectivity index (χ1n) is 9.57. The third kappa shape index (κ3) is 3.39. The van der Waals surface area contributed by atoms with Crippen molar-refractivity contribution in [3.63, 3.8) is 0 Å². The molecule has 0 bridgehead atoms. The molecule has 0 spiro atoms. The molecule has 4 aromatic rings. The minimum Gasteiger partial charge on any atom is -0.331 e. The van der Waals surface area contributed by atoms with Crippen LogP contribution in [0.1, 0.15) is 24.4 Å². The molecule has 6 nitrogen and oxygen atoms in total. The van der Waals surface area contributed by atoms with Gasteiger partial charge in [-0.1, -0.05) is 12.1 Å². The summed E-state index contributed by atoms with van der Waals surface area (Å²) in [7, 11) is 0. The molecule has 0 fully saturated rings. The van der Waals surface area contributed by atoms with E-state index in [0.717, 1.165) is 49.0 Å². The van der Waals surface area contributed by atoms with E-state index >= 15 is 0 Å². The summed E-state index contributed by atoms with van der Waals surface area (Å²) in [5.41, 5.74) is 4.35. The van der Waals surface area contributed by atoms with E-state index in [2.05, 4.69) is 56.1 Å². The zero-order chi connectivity index (χ0) is 18.9. The van der Waals surface area contributed by atoms with Crippen molar-refractivity contribution in [1.82, 2.24) is 24.4 Å². The molecule has 0 saturated heterocycles. The Balaban J connectivity index is 1.29. The van der Waals surface area contributed by atoms with E-state index in [9.17, 15) is 0 Å². The van der Waals surface area contributed by atoms with E-state index in [0.29, 0.717) is 6.04 Å². The maximum Gasteiger partial charge on any atom is 0.150 e. The Bertz CT molecular complexity index is 1060. The molecule has 1 N–H and O–H groups in total. The molecule has 142 valence electrons. The maximum atomic E-state index is 4.78. The molecule has 28 heavy (non-hydrogen) atoms. The SMILES string of the molecule is CC(c1ccc2scnc2c1)N1CCc2nc(Nc3ccccn3)cn2CC1. The summed E-state index contributed by atoms with van der Waals surface area (Å²) < 4.78 is 3.52. The summed E-state index contributed by atoms with van der Waals surface area (Å²) in [6.45, 7) is 5.23. The highest BCUT2D eigenvalue weighted by atomic mass is 32.1. The molecule has 0 amide bonds. The van der Waals surface area contributed by atoms with Crippen LogP contribution in [0.25, 0.3) is 10.2 Å². The predicted molar refractivity (Wildman–Crippen MR) is 113 cm³/mol. The Labute approximate surface area is 167 Å². The highest BCUT2D eigenvalue weighted by Crippen LogP contribution is 2.27. The summed E-state index contributed by atoms with van der Waals surface area (Å²) in [6.07, 6.45) is 4.82. The monoisotopic (exact) mass is 390 g/mol. The van der Waals surface area contributed by atoms with Gasteiger partial charge in [-0.3, -0.25) is 4.90 Å². The number of nitrogens with one attached hydrogen (secondary N) is 1. The fraction of sp³-hybridized carbons (Fsp3) is 0.286. The number of aromatic nitrogens is 4. The van der Waals surface area contributed by atoms with Crippen molar-refractivity contribution in [2.24, 2.45) is 0 Å². The number of rotatable bonds is 4. The lowest BCUT2D eigenvalue weighted by molar-refractivity contribution is 0.215. The van der Waals surface area contributed by atoms with Crippen LogP contribution >= 0.6 is 11.3 Å². The van der Waals surface area contributed by atoms with Crippen LogP contribution in [0.4, 0.5) is 11.6 Å². The lowest BCUT2D eigenvalue weighted by Crippen LogP contribution is -2.30. The van der Waals surface area contributed by atoms with E-state index in [4.69, 9.17) is 4.98 Å². The van der Waals surface area contributed by atoms with Crippen LogP contribution in [0.2, 0.25) is 0 Å². The van der Waals surface area contributed by atoms with Gasteiger partial charge in [-0.25, -0.2) is 15.0 Å². The fourth-order valence-corrected chi connectivity index (χ4v) is 4.46. The number of anilines is 2. The second kappa shape index (κ2) is 7.33. The van der Waals surface area contributed by atoms with Gasteiger partial charge >= 0.3 is 0 Å².